The van der Waals surface area contributed by atoms with E-state index in [4.69, 9.17) is 11.6 Å². The minimum absolute atomic E-state index is 0.319. The van der Waals surface area contributed by atoms with Crippen molar-refractivity contribution in [2.45, 2.75) is 51.9 Å². The highest BCUT2D eigenvalue weighted by molar-refractivity contribution is 6.30. The van der Waals surface area contributed by atoms with Crippen molar-refractivity contribution in [1.82, 2.24) is 5.32 Å². The molecule has 0 aromatic heterocycles. The zero-order chi connectivity index (χ0) is 14.6. The van der Waals surface area contributed by atoms with Gasteiger partial charge in [-0.05, 0) is 48.9 Å². The van der Waals surface area contributed by atoms with Gasteiger partial charge in [0.2, 0.25) is 0 Å². The van der Waals surface area contributed by atoms with Crippen molar-refractivity contribution in [3.63, 3.8) is 0 Å². The summed E-state index contributed by atoms with van der Waals surface area (Å²) in [5.74, 6) is 1.61. The maximum absolute atomic E-state index is 6.19. The highest BCUT2D eigenvalue weighted by Crippen LogP contribution is 2.49. The summed E-state index contributed by atoms with van der Waals surface area (Å²) in [5.41, 5.74) is 1.74. The summed E-state index contributed by atoms with van der Waals surface area (Å²) >= 11 is 6.19. The summed E-state index contributed by atoms with van der Waals surface area (Å²) in [5, 5.41) is 4.53. The van der Waals surface area contributed by atoms with Gasteiger partial charge in [-0.3, -0.25) is 0 Å². The van der Waals surface area contributed by atoms with Crippen LogP contribution in [0.5, 0.6) is 0 Å². The number of rotatable bonds is 7. The Labute approximate surface area is 129 Å². The Hall–Kier alpha value is -0.530. The molecule has 2 heteroatoms. The van der Waals surface area contributed by atoms with E-state index in [1.54, 1.807) is 0 Å². The van der Waals surface area contributed by atoms with E-state index in [0.29, 0.717) is 11.3 Å². The van der Waals surface area contributed by atoms with E-state index in [1.165, 1.54) is 31.2 Å². The molecule has 1 aromatic carbocycles. The first-order valence-electron chi connectivity index (χ1n) is 8.02. The Morgan fingerprint density at radius 3 is 2.70 bits per heavy atom. The van der Waals surface area contributed by atoms with Gasteiger partial charge in [0.25, 0.3) is 0 Å². The van der Waals surface area contributed by atoms with Crippen LogP contribution in [0.15, 0.2) is 24.3 Å². The van der Waals surface area contributed by atoms with Crippen LogP contribution in [0.25, 0.3) is 0 Å². The molecular weight excluding hydrogens is 266 g/mol. The van der Waals surface area contributed by atoms with E-state index >= 15 is 0 Å². The Morgan fingerprint density at radius 1 is 1.35 bits per heavy atom. The standard InChI is InChI=1S/C18H28ClN/c1-4-6-15-10-18(11-15,13-20-12-14(2)3)16-7-5-8-17(19)9-16/h5,7-9,14-15,20H,4,6,10-13H2,1-3H3. The fourth-order valence-electron chi connectivity index (χ4n) is 3.56. The Morgan fingerprint density at radius 2 is 2.10 bits per heavy atom. The van der Waals surface area contributed by atoms with Crippen molar-refractivity contribution in [1.29, 1.82) is 0 Å². The molecule has 2 rings (SSSR count). The third-order valence-electron chi connectivity index (χ3n) is 4.51. The highest BCUT2D eigenvalue weighted by Gasteiger charge is 2.44. The maximum atomic E-state index is 6.19. The molecule has 1 saturated carbocycles. The van der Waals surface area contributed by atoms with Crippen LogP contribution in [0.3, 0.4) is 0 Å². The number of halogens is 1. The molecule has 0 atom stereocenters. The molecule has 0 heterocycles. The smallest absolute Gasteiger partial charge is 0.0408 e. The van der Waals surface area contributed by atoms with Gasteiger partial charge < -0.3 is 5.32 Å². The zero-order valence-corrected chi connectivity index (χ0v) is 13.8. The molecule has 1 N–H and O–H groups in total. The monoisotopic (exact) mass is 293 g/mol. The fraction of sp³-hybridized carbons (Fsp3) is 0.667. The lowest BCUT2D eigenvalue weighted by molar-refractivity contribution is 0.128. The second-order valence-electron chi connectivity index (χ2n) is 6.88. The second-order valence-corrected chi connectivity index (χ2v) is 7.31. The van der Waals surface area contributed by atoms with Crippen molar-refractivity contribution in [2.75, 3.05) is 13.1 Å². The van der Waals surface area contributed by atoms with Crippen molar-refractivity contribution in [2.24, 2.45) is 11.8 Å². The average molecular weight is 294 g/mol. The molecule has 0 radical (unpaired) electrons. The average Bonchev–Trinajstić information content (AvgIpc) is 2.35. The molecule has 1 aromatic rings. The molecule has 0 aliphatic heterocycles. The third kappa shape index (κ3) is 3.77. The van der Waals surface area contributed by atoms with Crippen molar-refractivity contribution in [3.05, 3.63) is 34.9 Å². The Bertz CT molecular complexity index is 421. The summed E-state index contributed by atoms with van der Waals surface area (Å²) in [6, 6.07) is 8.49. The lowest BCUT2D eigenvalue weighted by Crippen LogP contribution is -2.49. The van der Waals surface area contributed by atoms with Gasteiger partial charge in [-0.15, -0.1) is 0 Å². The van der Waals surface area contributed by atoms with Crippen molar-refractivity contribution < 1.29 is 0 Å². The van der Waals surface area contributed by atoms with Gasteiger partial charge in [0.1, 0.15) is 0 Å². The van der Waals surface area contributed by atoms with Crippen LogP contribution in [-0.4, -0.2) is 13.1 Å². The number of benzene rings is 1. The molecule has 0 saturated heterocycles. The van der Waals surface area contributed by atoms with Crippen LogP contribution in [0.4, 0.5) is 0 Å². The van der Waals surface area contributed by atoms with E-state index in [-0.39, 0.29) is 0 Å². The molecule has 112 valence electrons. The van der Waals surface area contributed by atoms with Gasteiger partial charge in [-0.2, -0.15) is 0 Å². The van der Waals surface area contributed by atoms with Gasteiger partial charge in [0.05, 0.1) is 0 Å². The summed E-state index contributed by atoms with van der Waals surface area (Å²) < 4.78 is 0. The fourth-order valence-corrected chi connectivity index (χ4v) is 3.75. The molecule has 1 nitrogen and oxygen atoms in total. The summed E-state index contributed by atoms with van der Waals surface area (Å²) in [6.07, 6.45) is 5.29. The molecule has 0 unspecified atom stereocenters. The molecule has 20 heavy (non-hydrogen) atoms. The van der Waals surface area contributed by atoms with Gasteiger partial charge in [0, 0.05) is 17.0 Å². The largest absolute Gasteiger partial charge is 0.316 e. The van der Waals surface area contributed by atoms with Crippen LogP contribution < -0.4 is 5.32 Å². The molecular formula is C18H28ClN. The van der Waals surface area contributed by atoms with Gasteiger partial charge in [-0.1, -0.05) is 57.3 Å². The topological polar surface area (TPSA) is 12.0 Å². The molecule has 1 aliphatic carbocycles. The molecule has 1 aliphatic rings. The normalized spacial score (nSPS) is 25.8. The first-order valence-corrected chi connectivity index (χ1v) is 8.40. The van der Waals surface area contributed by atoms with E-state index in [2.05, 4.69) is 44.3 Å². The molecule has 0 bridgehead atoms. The van der Waals surface area contributed by atoms with Gasteiger partial charge in [-0.25, -0.2) is 0 Å². The van der Waals surface area contributed by atoms with E-state index in [0.717, 1.165) is 24.0 Å². The second kappa shape index (κ2) is 6.95. The number of hydrogen-bond acceptors (Lipinski definition) is 1. The summed E-state index contributed by atoms with van der Waals surface area (Å²) in [4.78, 5) is 0. The first-order chi connectivity index (χ1) is 9.55. The van der Waals surface area contributed by atoms with Gasteiger partial charge >= 0.3 is 0 Å². The predicted molar refractivity (Wildman–Crippen MR) is 88.5 cm³/mol. The SMILES string of the molecule is CCCC1CC(CNCC(C)C)(c2cccc(Cl)c2)C1. The van der Waals surface area contributed by atoms with E-state index < -0.39 is 0 Å². The minimum atomic E-state index is 0.319. The highest BCUT2D eigenvalue weighted by atomic mass is 35.5. The van der Waals surface area contributed by atoms with E-state index in [1.807, 2.05) is 6.07 Å². The third-order valence-corrected chi connectivity index (χ3v) is 4.74. The van der Waals surface area contributed by atoms with Crippen LogP contribution in [0, 0.1) is 11.8 Å². The Balaban J connectivity index is 2.05. The number of nitrogens with one attached hydrogen (secondary N) is 1. The van der Waals surface area contributed by atoms with E-state index in [9.17, 15) is 0 Å². The van der Waals surface area contributed by atoms with Crippen LogP contribution in [-0.2, 0) is 5.41 Å². The van der Waals surface area contributed by atoms with Gasteiger partial charge in [0.15, 0.2) is 0 Å². The molecule has 0 spiro atoms. The molecule has 1 fully saturated rings. The van der Waals surface area contributed by atoms with Crippen molar-refractivity contribution in [3.8, 4) is 0 Å². The van der Waals surface area contributed by atoms with Crippen molar-refractivity contribution >= 4 is 11.6 Å². The quantitative estimate of drug-likeness (QED) is 0.743. The lowest BCUT2D eigenvalue weighted by Gasteiger charge is -2.49. The summed E-state index contributed by atoms with van der Waals surface area (Å²) in [6.45, 7) is 9.00. The molecule has 0 amide bonds. The summed E-state index contributed by atoms with van der Waals surface area (Å²) in [7, 11) is 0. The van der Waals surface area contributed by atoms with Crippen LogP contribution >= 0.6 is 11.6 Å². The Kier molecular flexibility index (Phi) is 5.51. The number of hydrogen-bond donors (Lipinski definition) is 1. The van der Waals surface area contributed by atoms with Crippen LogP contribution in [0.1, 0.15) is 52.0 Å². The minimum Gasteiger partial charge on any atom is -0.316 e. The first kappa shape index (κ1) is 15.9. The predicted octanol–water partition coefficient (Wildman–Crippen LogP) is 5.03. The van der Waals surface area contributed by atoms with Crippen LogP contribution in [0.2, 0.25) is 5.02 Å². The lowest BCUT2D eigenvalue weighted by atomic mass is 9.57. The maximum Gasteiger partial charge on any atom is 0.0408 e. The zero-order valence-electron chi connectivity index (χ0n) is 13.1.